The monoisotopic (exact) mass is 260 g/mol. The molecule has 2 N–H and O–H groups in total. The van der Waals surface area contributed by atoms with Crippen LogP contribution in [0.3, 0.4) is 0 Å². The smallest absolute Gasteiger partial charge is 0.0681 e. The van der Waals surface area contributed by atoms with Crippen LogP contribution >= 0.6 is 0 Å². The second-order valence-electron chi connectivity index (χ2n) is 5.93. The fourth-order valence-corrected chi connectivity index (χ4v) is 3.81. The Hall–Kier alpha value is -1.06. The van der Waals surface area contributed by atoms with E-state index in [4.69, 9.17) is 5.11 Å². The highest BCUT2D eigenvalue weighted by Crippen LogP contribution is 2.37. The van der Waals surface area contributed by atoms with E-state index in [0.717, 1.165) is 5.56 Å². The Morgan fingerprint density at radius 1 is 1.16 bits per heavy atom. The van der Waals surface area contributed by atoms with E-state index in [9.17, 15) is 0 Å². The molecule has 0 saturated carbocycles. The number of hydrogen-bond donors (Lipinski definition) is 2. The predicted molar refractivity (Wildman–Crippen MR) is 78.4 cm³/mol. The molecule has 2 unspecified atom stereocenters. The maximum atomic E-state index is 9.14. The highest BCUT2D eigenvalue weighted by molar-refractivity contribution is 5.50. The van der Waals surface area contributed by atoms with Gasteiger partial charge in [0, 0.05) is 23.8 Å². The lowest BCUT2D eigenvalue weighted by molar-refractivity contribution is 0.252. The molecule has 2 atom stereocenters. The predicted octanol–water partition coefficient (Wildman–Crippen LogP) is 2.29. The first-order chi connectivity index (χ1) is 9.31. The van der Waals surface area contributed by atoms with Crippen molar-refractivity contribution in [3.05, 3.63) is 29.8 Å². The van der Waals surface area contributed by atoms with Crippen LogP contribution in [0.2, 0.25) is 0 Å². The zero-order valence-corrected chi connectivity index (χ0v) is 11.7. The summed E-state index contributed by atoms with van der Waals surface area (Å²) in [4.78, 5) is 2.64. The Balaban J connectivity index is 1.82. The Morgan fingerprint density at radius 2 is 1.79 bits per heavy atom. The van der Waals surface area contributed by atoms with Gasteiger partial charge in [0.1, 0.15) is 0 Å². The van der Waals surface area contributed by atoms with Gasteiger partial charge in [-0.25, -0.2) is 0 Å². The maximum Gasteiger partial charge on any atom is 0.0681 e. The fraction of sp³-hybridized carbons (Fsp3) is 0.625. The highest BCUT2D eigenvalue weighted by Gasteiger charge is 2.37. The first kappa shape index (κ1) is 12.9. The molecule has 0 amide bonds. The zero-order chi connectivity index (χ0) is 13.2. The van der Waals surface area contributed by atoms with Crippen molar-refractivity contribution >= 4 is 5.69 Å². The molecular formula is C16H24N2O. The van der Waals surface area contributed by atoms with Crippen molar-refractivity contribution in [3.63, 3.8) is 0 Å². The van der Waals surface area contributed by atoms with Crippen LogP contribution in [0.4, 0.5) is 5.69 Å². The summed E-state index contributed by atoms with van der Waals surface area (Å²) in [5.41, 5.74) is 2.33. The third-order valence-electron chi connectivity index (χ3n) is 4.80. The van der Waals surface area contributed by atoms with Crippen LogP contribution in [0.1, 0.15) is 37.7 Å². The van der Waals surface area contributed by atoms with Crippen LogP contribution < -0.4 is 10.2 Å². The standard InChI is InChI=1S/C16H24N2O/c1-17-13-9-15-3-2-4-16(10-13)18(15)14-7-5-12(11-19)6-8-14/h5-8,13,15-17,19H,2-4,9-11H2,1H3. The van der Waals surface area contributed by atoms with Crippen molar-refractivity contribution in [2.45, 2.75) is 56.8 Å². The first-order valence-electron chi connectivity index (χ1n) is 7.47. The number of rotatable bonds is 3. The van der Waals surface area contributed by atoms with Crippen molar-refractivity contribution < 1.29 is 5.11 Å². The number of fused-ring (bicyclic) bond motifs is 2. The van der Waals surface area contributed by atoms with Gasteiger partial charge in [0.2, 0.25) is 0 Å². The molecular weight excluding hydrogens is 236 g/mol. The Bertz CT molecular complexity index is 403. The summed E-state index contributed by atoms with van der Waals surface area (Å²) in [6, 6.07) is 10.5. The van der Waals surface area contributed by atoms with E-state index < -0.39 is 0 Å². The molecule has 1 aromatic rings. The van der Waals surface area contributed by atoms with Gasteiger partial charge in [-0.2, -0.15) is 0 Å². The molecule has 1 aromatic carbocycles. The van der Waals surface area contributed by atoms with Gasteiger partial charge >= 0.3 is 0 Å². The van der Waals surface area contributed by atoms with Crippen LogP contribution in [-0.4, -0.2) is 30.3 Å². The fourth-order valence-electron chi connectivity index (χ4n) is 3.81. The van der Waals surface area contributed by atoms with Crippen molar-refractivity contribution in [1.29, 1.82) is 0 Å². The SMILES string of the molecule is CNC1CC2CCCC(C1)N2c1ccc(CO)cc1. The number of aliphatic hydroxyl groups is 1. The second kappa shape index (κ2) is 5.51. The van der Waals surface area contributed by atoms with E-state index in [2.05, 4.69) is 41.5 Å². The molecule has 2 bridgehead atoms. The molecule has 2 aliphatic heterocycles. The van der Waals surface area contributed by atoms with Crippen LogP contribution in [0, 0.1) is 0 Å². The molecule has 2 fully saturated rings. The van der Waals surface area contributed by atoms with Crippen LogP contribution in [0.15, 0.2) is 24.3 Å². The number of hydrogen-bond acceptors (Lipinski definition) is 3. The minimum atomic E-state index is 0.134. The lowest BCUT2D eigenvalue weighted by Gasteiger charge is -2.50. The third kappa shape index (κ3) is 2.49. The minimum absolute atomic E-state index is 0.134. The number of piperidine rings is 2. The number of nitrogens with one attached hydrogen (secondary N) is 1. The lowest BCUT2D eigenvalue weighted by atomic mass is 9.81. The number of nitrogens with zero attached hydrogens (tertiary/aromatic N) is 1. The quantitative estimate of drug-likeness (QED) is 0.875. The number of aliphatic hydroxyl groups excluding tert-OH is 1. The molecule has 0 spiro atoms. The number of anilines is 1. The van der Waals surface area contributed by atoms with Gasteiger partial charge in [-0.15, -0.1) is 0 Å². The van der Waals surface area contributed by atoms with Crippen LogP contribution in [0.5, 0.6) is 0 Å². The molecule has 0 aliphatic carbocycles. The third-order valence-corrected chi connectivity index (χ3v) is 4.80. The van der Waals surface area contributed by atoms with Gasteiger partial charge in [0.25, 0.3) is 0 Å². The Morgan fingerprint density at radius 3 is 2.32 bits per heavy atom. The largest absolute Gasteiger partial charge is 0.392 e. The molecule has 2 saturated heterocycles. The van der Waals surface area contributed by atoms with E-state index in [1.807, 2.05) is 0 Å². The van der Waals surface area contributed by atoms with E-state index in [1.54, 1.807) is 0 Å². The van der Waals surface area contributed by atoms with Gasteiger partial charge in [-0.3, -0.25) is 0 Å². The van der Waals surface area contributed by atoms with Gasteiger partial charge < -0.3 is 15.3 Å². The molecule has 2 heterocycles. The second-order valence-corrected chi connectivity index (χ2v) is 5.93. The summed E-state index contributed by atoms with van der Waals surface area (Å²) in [7, 11) is 2.09. The van der Waals surface area contributed by atoms with Crippen molar-refractivity contribution in [2.24, 2.45) is 0 Å². The lowest BCUT2D eigenvalue weighted by Crippen LogP contribution is -2.56. The average molecular weight is 260 g/mol. The van der Waals surface area contributed by atoms with Crippen LogP contribution in [-0.2, 0) is 6.61 Å². The van der Waals surface area contributed by atoms with Crippen LogP contribution in [0.25, 0.3) is 0 Å². The maximum absolute atomic E-state index is 9.14. The summed E-state index contributed by atoms with van der Waals surface area (Å²) in [5, 5.41) is 12.6. The van der Waals surface area contributed by atoms with Crippen molar-refractivity contribution in [1.82, 2.24) is 5.32 Å². The molecule has 104 valence electrons. The topological polar surface area (TPSA) is 35.5 Å². The highest BCUT2D eigenvalue weighted by atomic mass is 16.3. The molecule has 19 heavy (non-hydrogen) atoms. The molecule has 3 rings (SSSR count). The summed E-state index contributed by atoms with van der Waals surface area (Å²) in [6.07, 6.45) is 6.52. The molecule has 3 heteroatoms. The van der Waals surface area contributed by atoms with E-state index in [-0.39, 0.29) is 6.61 Å². The summed E-state index contributed by atoms with van der Waals surface area (Å²) >= 11 is 0. The average Bonchev–Trinajstić information content (AvgIpc) is 2.46. The zero-order valence-electron chi connectivity index (χ0n) is 11.7. The number of benzene rings is 1. The van der Waals surface area contributed by atoms with E-state index >= 15 is 0 Å². The molecule has 0 aromatic heterocycles. The summed E-state index contributed by atoms with van der Waals surface area (Å²) in [6.45, 7) is 0.134. The Labute approximate surface area is 115 Å². The minimum Gasteiger partial charge on any atom is -0.392 e. The molecule has 2 aliphatic rings. The van der Waals surface area contributed by atoms with Crippen molar-refractivity contribution in [3.8, 4) is 0 Å². The summed E-state index contributed by atoms with van der Waals surface area (Å²) < 4.78 is 0. The van der Waals surface area contributed by atoms with Gasteiger partial charge in [0.15, 0.2) is 0 Å². The molecule has 3 nitrogen and oxygen atoms in total. The van der Waals surface area contributed by atoms with Crippen molar-refractivity contribution in [2.75, 3.05) is 11.9 Å². The van der Waals surface area contributed by atoms with Gasteiger partial charge in [0.05, 0.1) is 6.61 Å². The Kier molecular flexibility index (Phi) is 3.76. The van der Waals surface area contributed by atoms with Gasteiger partial charge in [-0.1, -0.05) is 12.1 Å². The van der Waals surface area contributed by atoms with E-state index in [0.29, 0.717) is 18.1 Å². The summed E-state index contributed by atoms with van der Waals surface area (Å²) in [5.74, 6) is 0. The van der Waals surface area contributed by atoms with E-state index in [1.165, 1.54) is 37.8 Å². The molecule has 0 radical (unpaired) electrons. The van der Waals surface area contributed by atoms with Gasteiger partial charge in [-0.05, 0) is 56.8 Å². The first-order valence-corrected chi connectivity index (χ1v) is 7.47. The normalized spacial score (nSPS) is 30.4.